The van der Waals surface area contributed by atoms with Crippen molar-refractivity contribution in [2.75, 3.05) is 52.4 Å². The lowest BCUT2D eigenvalue weighted by Crippen LogP contribution is -2.36. The highest BCUT2D eigenvalue weighted by Crippen LogP contribution is 2.14. The van der Waals surface area contributed by atoms with Crippen molar-refractivity contribution < 1.29 is 9.59 Å². The van der Waals surface area contributed by atoms with Crippen molar-refractivity contribution in [2.24, 2.45) is 0 Å². The van der Waals surface area contributed by atoms with Crippen molar-refractivity contribution in [3.63, 3.8) is 0 Å². The standard InChI is InChI=1S/C40H82N4O2.CH4/c1-5-9-11-13-15-17-19-21-23-29-39(45)43(37-27-33-41-31-7-3)35-25-26-36-44(38-28-34-42-32-8-4)40(46)30-24-22-20-18-16-14-12-10-6-2;/h41-42H,5-38H2,1-4H3;1H4. The number of carbonyl (C=O) groups is 2. The molecule has 2 amide bonds. The molecule has 0 rings (SSSR count). The van der Waals surface area contributed by atoms with E-state index in [4.69, 9.17) is 0 Å². The first kappa shape index (κ1) is 48.0. The van der Waals surface area contributed by atoms with Crippen molar-refractivity contribution in [3.8, 4) is 0 Å². The lowest BCUT2D eigenvalue weighted by atomic mass is 10.1. The second-order valence-corrected chi connectivity index (χ2v) is 13.8. The van der Waals surface area contributed by atoms with Crippen LogP contribution in [0, 0.1) is 0 Å². The molecule has 0 saturated heterocycles. The molecular formula is C41H86N4O2. The second kappa shape index (κ2) is 39.3. The summed E-state index contributed by atoms with van der Waals surface area (Å²) in [6, 6.07) is 0. The van der Waals surface area contributed by atoms with Crippen LogP contribution < -0.4 is 10.6 Å². The van der Waals surface area contributed by atoms with Crippen molar-refractivity contribution in [2.45, 2.75) is 202 Å². The molecule has 6 heteroatoms. The normalized spacial score (nSPS) is 11.1. The van der Waals surface area contributed by atoms with E-state index in [0.29, 0.717) is 24.7 Å². The largest absolute Gasteiger partial charge is 0.343 e. The Balaban J connectivity index is 0. The fraction of sp³-hybridized carbons (Fsp3) is 0.951. The van der Waals surface area contributed by atoms with Crippen molar-refractivity contribution in [3.05, 3.63) is 0 Å². The fourth-order valence-corrected chi connectivity index (χ4v) is 6.21. The molecule has 0 aromatic carbocycles. The van der Waals surface area contributed by atoms with Crippen LogP contribution in [0.5, 0.6) is 0 Å². The van der Waals surface area contributed by atoms with Gasteiger partial charge in [-0.1, -0.05) is 138 Å². The van der Waals surface area contributed by atoms with Gasteiger partial charge in [0.05, 0.1) is 0 Å². The summed E-state index contributed by atoms with van der Waals surface area (Å²) >= 11 is 0. The maximum Gasteiger partial charge on any atom is 0.222 e. The molecule has 2 N–H and O–H groups in total. The Kier molecular flexibility index (Phi) is 40.1. The zero-order valence-electron chi connectivity index (χ0n) is 31.8. The maximum atomic E-state index is 13.2. The molecule has 0 aliphatic heterocycles. The van der Waals surface area contributed by atoms with Gasteiger partial charge in [-0.25, -0.2) is 0 Å². The summed E-state index contributed by atoms with van der Waals surface area (Å²) in [7, 11) is 0. The Morgan fingerprint density at radius 1 is 0.362 bits per heavy atom. The molecule has 0 aromatic rings. The van der Waals surface area contributed by atoms with Crippen LogP contribution in [0.1, 0.15) is 202 Å². The first-order valence-corrected chi connectivity index (χ1v) is 20.6. The van der Waals surface area contributed by atoms with E-state index in [2.05, 4.69) is 48.1 Å². The Hall–Kier alpha value is -1.14. The van der Waals surface area contributed by atoms with Crippen LogP contribution in [0.3, 0.4) is 0 Å². The minimum Gasteiger partial charge on any atom is -0.343 e. The molecule has 0 fully saturated rings. The van der Waals surface area contributed by atoms with Crippen LogP contribution in [0.15, 0.2) is 0 Å². The van der Waals surface area contributed by atoms with E-state index in [1.807, 2.05) is 0 Å². The molecule has 0 aliphatic carbocycles. The molecule has 0 saturated carbocycles. The second-order valence-electron chi connectivity index (χ2n) is 13.8. The van der Waals surface area contributed by atoms with Gasteiger partial charge in [0.15, 0.2) is 0 Å². The SMILES string of the molecule is C.CCCCCCCCCCCC(=O)N(CCCCN(CCCNCCC)C(=O)CCCCCCCCCCC)CCCNCCC. The number of hydrogen-bond donors (Lipinski definition) is 2. The Labute approximate surface area is 295 Å². The highest BCUT2D eigenvalue weighted by Gasteiger charge is 2.15. The van der Waals surface area contributed by atoms with Gasteiger partial charge in [-0.05, 0) is 77.5 Å². The summed E-state index contributed by atoms with van der Waals surface area (Å²) in [4.78, 5) is 30.7. The van der Waals surface area contributed by atoms with Crippen LogP contribution in [-0.2, 0) is 9.59 Å². The van der Waals surface area contributed by atoms with Crippen molar-refractivity contribution >= 4 is 11.8 Å². The number of rotatable bonds is 37. The van der Waals surface area contributed by atoms with Gasteiger partial charge >= 0.3 is 0 Å². The minimum atomic E-state index is 0. The van der Waals surface area contributed by atoms with E-state index in [1.54, 1.807) is 0 Å². The number of amides is 2. The van der Waals surface area contributed by atoms with Gasteiger partial charge in [-0.15, -0.1) is 0 Å². The van der Waals surface area contributed by atoms with Gasteiger partial charge in [0.25, 0.3) is 0 Å². The van der Waals surface area contributed by atoms with E-state index in [-0.39, 0.29) is 7.43 Å². The Morgan fingerprint density at radius 2 is 0.660 bits per heavy atom. The van der Waals surface area contributed by atoms with E-state index in [0.717, 1.165) is 104 Å². The number of carbonyl (C=O) groups excluding carboxylic acids is 2. The van der Waals surface area contributed by atoms with Crippen LogP contribution >= 0.6 is 0 Å². The zero-order valence-corrected chi connectivity index (χ0v) is 31.8. The molecular weight excluding hydrogens is 580 g/mol. The van der Waals surface area contributed by atoms with Crippen molar-refractivity contribution in [1.82, 2.24) is 20.4 Å². The minimum absolute atomic E-state index is 0. The number of unbranched alkanes of at least 4 members (excludes halogenated alkanes) is 17. The molecule has 0 radical (unpaired) electrons. The summed E-state index contributed by atoms with van der Waals surface area (Å²) in [6.07, 6.45) is 30.7. The van der Waals surface area contributed by atoms with Gasteiger partial charge in [0.2, 0.25) is 11.8 Å². The number of nitrogens with zero attached hydrogens (tertiary/aromatic N) is 2. The van der Waals surface area contributed by atoms with Crippen LogP contribution in [0.4, 0.5) is 0 Å². The highest BCUT2D eigenvalue weighted by molar-refractivity contribution is 5.76. The Bertz CT molecular complexity index is 591. The van der Waals surface area contributed by atoms with E-state index in [9.17, 15) is 9.59 Å². The predicted molar refractivity (Wildman–Crippen MR) is 208 cm³/mol. The third-order valence-electron chi connectivity index (χ3n) is 9.22. The lowest BCUT2D eigenvalue weighted by Gasteiger charge is -2.25. The number of hydrogen-bond acceptors (Lipinski definition) is 4. The van der Waals surface area contributed by atoms with Gasteiger partial charge in [0.1, 0.15) is 0 Å². The summed E-state index contributed by atoms with van der Waals surface area (Å²) in [5, 5.41) is 6.98. The Morgan fingerprint density at radius 3 is 0.979 bits per heavy atom. The molecule has 0 heterocycles. The van der Waals surface area contributed by atoms with Gasteiger partial charge in [-0.3, -0.25) is 9.59 Å². The van der Waals surface area contributed by atoms with Crippen LogP contribution in [-0.4, -0.2) is 74.0 Å². The molecule has 6 nitrogen and oxygen atoms in total. The first-order chi connectivity index (χ1) is 22.6. The molecule has 0 spiro atoms. The third kappa shape index (κ3) is 33.1. The van der Waals surface area contributed by atoms with E-state index in [1.165, 1.54) is 103 Å². The summed E-state index contributed by atoms with van der Waals surface area (Å²) < 4.78 is 0. The van der Waals surface area contributed by atoms with Crippen molar-refractivity contribution in [1.29, 1.82) is 0 Å². The summed E-state index contributed by atoms with van der Waals surface area (Å²) in [6.45, 7) is 16.3. The topological polar surface area (TPSA) is 64.7 Å². The number of nitrogens with one attached hydrogen (secondary N) is 2. The lowest BCUT2D eigenvalue weighted by molar-refractivity contribution is -0.133. The predicted octanol–water partition coefficient (Wildman–Crippen LogP) is 10.7. The van der Waals surface area contributed by atoms with Gasteiger partial charge in [0, 0.05) is 39.0 Å². The fourth-order valence-electron chi connectivity index (χ4n) is 6.21. The molecule has 0 aromatic heterocycles. The molecule has 0 bridgehead atoms. The monoisotopic (exact) mass is 667 g/mol. The van der Waals surface area contributed by atoms with Crippen LogP contribution in [0.2, 0.25) is 0 Å². The average Bonchev–Trinajstić information content (AvgIpc) is 3.06. The quantitative estimate of drug-likeness (QED) is 0.0648. The maximum absolute atomic E-state index is 13.2. The molecule has 0 unspecified atom stereocenters. The first-order valence-electron chi connectivity index (χ1n) is 20.6. The average molecular weight is 667 g/mol. The third-order valence-corrected chi connectivity index (χ3v) is 9.22. The van der Waals surface area contributed by atoms with Crippen LogP contribution in [0.25, 0.3) is 0 Å². The van der Waals surface area contributed by atoms with Gasteiger partial charge < -0.3 is 20.4 Å². The molecule has 0 aliphatic rings. The summed E-state index contributed by atoms with van der Waals surface area (Å²) in [5.74, 6) is 0.664. The molecule has 0 atom stereocenters. The zero-order chi connectivity index (χ0) is 33.8. The molecule has 47 heavy (non-hydrogen) atoms. The highest BCUT2D eigenvalue weighted by atomic mass is 16.2. The van der Waals surface area contributed by atoms with E-state index >= 15 is 0 Å². The molecule has 282 valence electrons. The summed E-state index contributed by atoms with van der Waals surface area (Å²) in [5.41, 5.74) is 0. The smallest absolute Gasteiger partial charge is 0.222 e. The van der Waals surface area contributed by atoms with Gasteiger partial charge in [-0.2, -0.15) is 0 Å². The van der Waals surface area contributed by atoms with E-state index < -0.39 is 0 Å².